The summed E-state index contributed by atoms with van der Waals surface area (Å²) in [6, 6.07) is 15.3. The molecular formula is C21H23N3O2. The first kappa shape index (κ1) is 16.6. The molecule has 4 rings (SSSR count). The van der Waals surface area contributed by atoms with Crippen molar-refractivity contribution >= 4 is 22.7 Å². The van der Waals surface area contributed by atoms with Crippen LogP contribution in [0.4, 0.5) is 5.69 Å². The summed E-state index contributed by atoms with van der Waals surface area (Å²) in [5.41, 5.74) is 3.39. The second-order valence-electron chi connectivity index (χ2n) is 6.79. The number of aryl methyl sites for hydroxylation is 1. The molecule has 0 bridgehead atoms. The molecule has 1 aliphatic heterocycles. The smallest absolute Gasteiger partial charge is 0.249 e. The maximum atomic E-state index is 13.2. The standard InChI is InChI=1S/C21H23N3O2/c1-15-22-18-14-17(10-11-19(18)26-15)23-20(16-8-4-2-5-9-16)21(25)24-12-6-3-7-13-24/h2,4-5,8-11,14,20,23H,3,6-7,12-13H2,1H3/t20-/m1/s1. The first-order valence-corrected chi connectivity index (χ1v) is 9.18. The van der Waals surface area contributed by atoms with Crippen molar-refractivity contribution in [2.24, 2.45) is 0 Å². The van der Waals surface area contributed by atoms with Crippen molar-refractivity contribution in [3.8, 4) is 0 Å². The van der Waals surface area contributed by atoms with E-state index in [-0.39, 0.29) is 5.91 Å². The van der Waals surface area contributed by atoms with Gasteiger partial charge in [-0.05, 0) is 43.0 Å². The van der Waals surface area contributed by atoms with Crippen LogP contribution in [0.5, 0.6) is 0 Å². The van der Waals surface area contributed by atoms with Gasteiger partial charge in [-0.3, -0.25) is 4.79 Å². The summed E-state index contributed by atoms with van der Waals surface area (Å²) < 4.78 is 5.54. The molecule has 1 aliphatic rings. The molecule has 0 radical (unpaired) electrons. The van der Waals surface area contributed by atoms with Gasteiger partial charge in [-0.2, -0.15) is 0 Å². The Hall–Kier alpha value is -2.82. The molecule has 26 heavy (non-hydrogen) atoms. The van der Waals surface area contributed by atoms with Gasteiger partial charge >= 0.3 is 0 Å². The van der Waals surface area contributed by atoms with Crippen molar-refractivity contribution in [1.82, 2.24) is 9.88 Å². The van der Waals surface area contributed by atoms with Gasteiger partial charge in [0.05, 0.1) is 0 Å². The van der Waals surface area contributed by atoms with Gasteiger partial charge < -0.3 is 14.6 Å². The quantitative estimate of drug-likeness (QED) is 0.763. The van der Waals surface area contributed by atoms with Gasteiger partial charge in [0.25, 0.3) is 0 Å². The number of rotatable bonds is 4. The number of amides is 1. The van der Waals surface area contributed by atoms with E-state index in [1.165, 1.54) is 6.42 Å². The Labute approximate surface area is 153 Å². The van der Waals surface area contributed by atoms with Gasteiger partial charge in [0.15, 0.2) is 11.5 Å². The molecule has 134 valence electrons. The molecule has 5 nitrogen and oxygen atoms in total. The van der Waals surface area contributed by atoms with E-state index in [4.69, 9.17) is 4.42 Å². The summed E-state index contributed by atoms with van der Waals surface area (Å²) in [4.78, 5) is 19.6. The molecule has 2 aromatic carbocycles. The molecule has 3 aromatic rings. The predicted molar refractivity (Wildman–Crippen MR) is 102 cm³/mol. The monoisotopic (exact) mass is 349 g/mol. The van der Waals surface area contributed by atoms with Crippen molar-refractivity contribution in [3.05, 3.63) is 60.0 Å². The predicted octanol–water partition coefficient (Wildman–Crippen LogP) is 4.30. The zero-order valence-electron chi connectivity index (χ0n) is 14.9. The van der Waals surface area contributed by atoms with Crippen molar-refractivity contribution < 1.29 is 9.21 Å². The molecule has 0 unspecified atom stereocenters. The number of nitrogens with zero attached hydrogens (tertiary/aromatic N) is 2. The van der Waals surface area contributed by atoms with Crippen LogP contribution in [-0.2, 0) is 4.79 Å². The van der Waals surface area contributed by atoms with Crippen LogP contribution >= 0.6 is 0 Å². The second-order valence-corrected chi connectivity index (χ2v) is 6.79. The van der Waals surface area contributed by atoms with Crippen molar-refractivity contribution in [2.75, 3.05) is 18.4 Å². The molecule has 1 N–H and O–H groups in total. The topological polar surface area (TPSA) is 58.4 Å². The molecular weight excluding hydrogens is 326 g/mol. The van der Waals surface area contributed by atoms with E-state index >= 15 is 0 Å². The number of nitrogens with one attached hydrogen (secondary N) is 1. The number of benzene rings is 2. The highest BCUT2D eigenvalue weighted by atomic mass is 16.3. The molecule has 5 heteroatoms. The SMILES string of the molecule is Cc1nc2cc(N[C@@H](C(=O)N3CCCCC3)c3ccccc3)ccc2o1. The van der Waals surface area contributed by atoms with Crippen LogP contribution in [-0.4, -0.2) is 28.9 Å². The number of hydrogen-bond acceptors (Lipinski definition) is 4. The summed E-state index contributed by atoms with van der Waals surface area (Å²) in [5.74, 6) is 0.772. The van der Waals surface area contributed by atoms with E-state index in [1.54, 1.807) is 0 Å². The van der Waals surface area contributed by atoms with E-state index in [0.717, 1.165) is 48.3 Å². The number of piperidine rings is 1. The van der Waals surface area contributed by atoms with Crippen molar-refractivity contribution in [2.45, 2.75) is 32.2 Å². The fourth-order valence-corrected chi connectivity index (χ4v) is 3.53. The molecule has 1 fully saturated rings. The van der Waals surface area contributed by atoms with Gasteiger partial charge in [0.1, 0.15) is 11.6 Å². The van der Waals surface area contributed by atoms with E-state index in [2.05, 4.69) is 10.3 Å². The summed E-state index contributed by atoms with van der Waals surface area (Å²) in [6.45, 7) is 3.51. The largest absolute Gasteiger partial charge is 0.441 e. The van der Waals surface area contributed by atoms with Crippen LogP contribution in [0.2, 0.25) is 0 Å². The summed E-state index contributed by atoms with van der Waals surface area (Å²) in [6.07, 6.45) is 3.37. The van der Waals surface area contributed by atoms with Crippen LogP contribution in [0.1, 0.15) is 36.8 Å². The van der Waals surface area contributed by atoms with Crippen molar-refractivity contribution in [1.29, 1.82) is 0 Å². The fourth-order valence-electron chi connectivity index (χ4n) is 3.53. The Balaban J connectivity index is 1.64. The number of aromatic nitrogens is 1. The molecule has 1 saturated heterocycles. The van der Waals surface area contributed by atoms with Gasteiger partial charge in [0, 0.05) is 25.7 Å². The van der Waals surface area contributed by atoms with Crippen LogP contribution < -0.4 is 5.32 Å². The number of hydrogen-bond donors (Lipinski definition) is 1. The number of oxazole rings is 1. The Bertz CT molecular complexity index is 898. The Morgan fingerprint density at radius 2 is 1.88 bits per heavy atom. The number of fused-ring (bicyclic) bond motifs is 1. The third-order valence-electron chi connectivity index (χ3n) is 4.85. The number of carbonyl (C=O) groups is 1. The lowest BCUT2D eigenvalue weighted by molar-refractivity contribution is -0.133. The van der Waals surface area contributed by atoms with Crippen LogP contribution in [0.3, 0.4) is 0 Å². The van der Waals surface area contributed by atoms with Crippen LogP contribution in [0.25, 0.3) is 11.1 Å². The second kappa shape index (κ2) is 7.20. The minimum Gasteiger partial charge on any atom is -0.441 e. The lowest BCUT2D eigenvalue weighted by Crippen LogP contribution is -2.41. The fraction of sp³-hybridized carbons (Fsp3) is 0.333. The van der Waals surface area contributed by atoms with E-state index in [0.29, 0.717) is 5.89 Å². The average molecular weight is 349 g/mol. The van der Waals surface area contributed by atoms with Crippen molar-refractivity contribution in [3.63, 3.8) is 0 Å². The minimum atomic E-state index is -0.403. The van der Waals surface area contributed by atoms with Crippen LogP contribution in [0.15, 0.2) is 52.9 Å². The Kier molecular flexibility index (Phi) is 4.61. The third-order valence-corrected chi connectivity index (χ3v) is 4.85. The van der Waals surface area contributed by atoms with E-state index < -0.39 is 6.04 Å². The summed E-state index contributed by atoms with van der Waals surface area (Å²) in [5, 5.41) is 3.42. The van der Waals surface area contributed by atoms with Crippen LogP contribution in [0, 0.1) is 6.92 Å². The molecule has 1 aromatic heterocycles. The third kappa shape index (κ3) is 3.43. The summed E-state index contributed by atoms with van der Waals surface area (Å²) >= 11 is 0. The maximum Gasteiger partial charge on any atom is 0.249 e. The normalized spacial score (nSPS) is 15.8. The molecule has 1 amide bonds. The van der Waals surface area contributed by atoms with Gasteiger partial charge in [-0.1, -0.05) is 30.3 Å². The zero-order chi connectivity index (χ0) is 17.9. The van der Waals surface area contributed by atoms with Gasteiger partial charge in [-0.15, -0.1) is 0 Å². The highest BCUT2D eigenvalue weighted by Crippen LogP contribution is 2.26. The number of carbonyl (C=O) groups excluding carboxylic acids is 1. The number of anilines is 1. The highest BCUT2D eigenvalue weighted by Gasteiger charge is 2.27. The zero-order valence-corrected chi connectivity index (χ0v) is 14.9. The maximum absolute atomic E-state index is 13.2. The molecule has 2 heterocycles. The minimum absolute atomic E-state index is 0.132. The van der Waals surface area contributed by atoms with Gasteiger partial charge in [-0.25, -0.2) is 4.98 Å². The number of likely N-dealkylation sites (tertiary alicyclic amines) is 1. The average Bonchev–Trinajstić information content (AvgIpc) is 3.06. The first-order chi connectivity index (χ1) is 12.7. The summed E-state index contributed by atoms with van der Waals surface area (Å²) in [7, 11) is 0. The van der Waals surface area contributed by atoms with E-state index in [9.17, 15) is 4.79 Å². The highest BCUT2D eigenvalue weighted by molar-refractivity contribution is 5.87. The molecule has 1 atom stereocenters. The lowest BCUT2D eigenvalue weighted by atomic mass is 10.0. The Morgan fingerprint density at radius 3 is 2.65 bits per heavy atom. The first-order valence-electron chi connectivity index (χ1n) is 9.18. The van der Waals surface area contributed by atoms with Gasteiger partial charge in [0.2, 0.25) is 5.91 Å². The Morgan fingerprint density at radius 1 is 1.12 bits per heavy atom. The molecule has 0 spiro atoms. The lowest BCUT2D eigenvalue weighted by Gasteiger charge is -2.31. The molecule has 0 saturated carbocycles. The van der Waals surface area contributed by atoms with E-state index in [1.807, 2.05) is 60.4 Å². The molecule has 0 aliphatic carbocycles.